The molecule has 4 heteroatoms. The van der Waals surface area contributed by atoms with Gasteiger partial charge in [0.1, 0.15) is 0 Å². The van der Waals surface area contributed by atoms with E-state index < -0.39 is 5.79 Å². The summed E-state index contributed by atoms with van der Waals surface area (Å²) in [7, 11) is 0. The van der Waals surface area contributed by atoms with Crippen molar-refractivity contribution in [1.82, 2.24) is 9.78 Å². The molecule has 1 saturated carbocycles. The van der Waals surface area contributed by atoms with Crippen LogP contribution < -0.4 is 0 Å². The molecule has 136 valence electrons. The molecule has 5 rings (SSSR count). The van der Waals surface area contributed by atoms with Gasteiger partial charge in [-0.1, -0.05) is 30.2 Å². The Balaban J connectivity index is 1.57. The van der Waals surface area contributed by atoms with Crippen LogP contribution in [0.5, 0.6) is 0 Å². The minimum atomic E-state index is -0.485. The monoisotopic (exact) mass is 350 g/mol. The summed E-state index contributed by atoms with van der Waals surface area (Å²) in [4.78, 5) is 0. The molecule has 26 heavy (non-hydrogen) atoms. The lowest BCUT2D eigenvalue weighted by Crippen LogP contribution is -2.46. The van der Waals surface area contributed by atoms with Crippen molar-refractivity contribution >= 4 is 6.08 Å². The number of ether oxygens (including phenoxy) is 2. The van der Waals surface area contributed by atoms with Crippen molar-refractivity contribution in [2.24, 2.45) is 5.41 Å². The number of aromatic nitrogens is 2. The largest absolute Gasteiger partial charge is 0.343 e. The molecule has 3 aliphatic rings. The van der Waals surface area contributed by atoms with Crippen molar-refractivity contribution in [3.63, 3.8) is 0 Å². The van der Waals surface area contributed by atoms with Crippen LogP contribution in [0.15, 0.2) is 36.0 Å². The molecule has 1 aromatic carbocycles. The van der Waals surface area contributed by atoms with Gasteiger partial charge < -0.3 is 9.47 Å². The molecule has 2 unspecified atom stereocenters. The third kappa shape index (κ3) is 2.06. The number of hydrogen-bond acceptors (Lipinski definition) is 3. The summed E-state index contributed by atoms with van der Waals surface area (Å²) in [6, 6.07) is 8.54. The van der Waals surface area contributed by atoms with Crippen LogP contribution in [0.4, 0.5) is 0 Å². The lowest BCUT2D eigenvalue weighted by atomic mass is 9.72. The van der Waals surface area contributed by atoms with Gasteiger partial charge in [0.2, 0.25) is 0 Å². The molecular formula is C22H26N2O2. The smallest absolute Gasteiger partial charge is 0.178 e. The zero-order valence-corrected chi connectivity index (χ0v) is 16.0. The highest BCUT2D eigenvalue weighted by Gasteiger charge is 2.62. The Bertz CT molecular complexity index is 885. The van der Waals surface area contributed by atoms with Crippen LogP contribution in [0.25, 0.3) is 11.8 Å². The second kappa shape index (κ2) is 5.30. The summed E-state index contributed by atoms with van der Waals surface area (Å²) < 4.78 is 14.9. The van der Waals surface area contributed by atoms with Crippen molar-refractivity contribution in [2.45, 2.75) is 65.0 Å². The molecule has 0 bridgehead atoms. The molecule has 2 heterocycles. The Morgan fingerprint density at radius 1 is 1.12 bits per heavy atom. The van der Waals surface area contributed by atoms with E-state index >= 15 is 0 Å². The highest BCUT2D eigenvalue weighted by atomic mass is 16.8. The number of rotatable bonds is 1. The summed E-state index contributed by atoms with van der Waals surface area (Å²) in [5.41, 5.74) is 6.17. The quantitative estimate of drug-likeness (QED) is 0.763. The van der Waals surface area contributed by atoms with Gasteiger partial charge in [0.05, 0.1) is 29.8 Å². The number of nitrogens with zero attached hydrogens (tertiary/aromatic N) is 2. The van der Waals surface area contributed by atoms with Crippen LogP contribution in [0.1, 0.15) is 50.4 Å². The number of aryl methyl sites for hydroxylation is 1. The standard InChI is InChI=1S/C22H26N2O2/c1-14-5-7-19(8-6-14)24-20-11-18-9-10-22(25-15(2)16(3)26-22)21(18,4)12-17(20)13-23-24/h5-8,11,13,15-16H,9-10,12H2,1-4H3/t15-,16?,21+,22?/m1/s1. The van der Waals surface area contributed by atoms with E-state index in [9.17, 15) is 0 Å². The van der Waals surface area contributed by atoms with E-state index in [1.165, 1.54) is 22.4 Å². The number of hydrogen-bond donors (Lipinski definition) is 0. The lowest BCUT2D eigenvalue weighted by molar-refractivity contribution is -0.222. The molecule has 2 fully saturated rings. The molecule has 0 radical (unpaired) electrons. The van der Waals surface area contributed by atoms with E-state index in [1.54, 1.807) is 0 Å². The summed E-state index contributed by atoms with van der Waals surface area (Å²) in [6.07, 6.45) is 7.51. The molecule has 1 spiro atoms. The second-order valence-electron chi connectivity index (χ2n) is 8.38. The van der Waals surface area contributed by atoms with Gasteiger partial charge in [-0.15, -0.1) is 0 Å². The maximum atomic E-state index is 6.42. The van der Waals surface area contributed by atoms with Gasteiger partial charge in [0.15, 0.2) is 5.79 Å². The van der Waals surface area contributed by atoms with Crippen LogP contribution in [0.3, 0.4) is 0 Å². The first-order valence-electron chi connectivity index (χ1n) is 9.62. The topological polar surface area (TPSA) is 36.3 Å². The van der Waals surface area contributed by atoms with E-state index in [1.807, 2.05) is 6.20 Å². The fourth-order valence-corrected chi connectivity index (χ4v) is 4.89. The molecule has 0 amide bonds. The van der Waals surface area contributed by atoms with Gasteiger partial charge >= 0.3 is 0 Å². The van der Waals surface area contributed by atoms with Gasteiger partial charge in [-0.3, -0.25) is 0 Å². The number of benzene rings is 1. The fraction of sp³-hybridized carbons (Fsp3) is 0.500. The SMILES string of the molecule is Cc1ccc(-n2ncc3c2C=C2CCC4(OC(C)[C@@H](C)O4)[C@@]2(C)C3)cc1. The Morgan fingerprint density at radius 3 is 2.50 bits per heavy atom. The zero-order valence-electron chi connectivity index (χ0n) is 16.0. The average Bonchev–Trinajstić information content (AvgIpc) is 3.22. The van der Waals surface area contributed by atoms with Crippen LogP contribution >= 0.6 is 0 Å². The van der Waals surface area contributed by atoms with Crippen LogP contribution in [0.2, 0.25) is 0 Å². The molecule has 1 aromatic heterocycles. The van der Waals surface area contributed by atoms with Crippen LogP contribution in [0, 0.1) is 12.3 Å². The van der Waals surface area contributed by atoms with Crippen molar-refractivity contribution in [2.75, 3.05) is 0 Å². The highest BCUT2D eigenvalue weighted by Crippen LogP contribution is 2.60. The predicted octanol–water partition coefficient (Wildman–Crippen LogP) is 4.44. The van der Waals surface area contributed by atoms with Crippen LogP contribution in [-0.4, -0.2) is 27.8 Å². The lowest BCUT2D eigenvalue weighted by Gasteiger charge is -2.42. The van der Waals surface area contributed by atoms with E-state index in [-0.39, 0.29) is 17.6 Å². The van der Waals surface area contributed by atoms with Gasteiger partial charge in [0.25, 0.3) is 0 Å². The summed E-state index contributed by atoms with van der Waals surface area (Å²) >= 11 is 0. The first-order chi connectivity index (χ1) is 12.4. The third-order valence-electron chi connectivity index (χ3n) is 6.71. The molecule has 2 aromatic rings. The average molecular weight is 350 g/mol. The first kappa shape index (κ1) is 16.3. The molecule has 0 N–H and O–H groups in total. The zero-order chi connectivity index (χ0) is 18.1. The van der Waals surface area contributed by atoms with Crippen LogP contribution in [-0.2, 0) is 15.9 Å². The van der Waals surface area contributed by atoms with E-state index in [0.29, 0.717) is 0 Å². The molecule has 4 nitrogen and oxygen atoms in total. The summed E-state index contributed by atoms with van der Waals surface area (Å²) in [6.45, 7) is 8.66. The minimum absolute atomic E-state index is 0.111. The van der Waals surface area contributed by atoms with Crippen molar-refractivity contribution < 1.29 is 9.47 Å². The Morgan fingerprint density at radius 2 is 1.81 bits per heavy atom. The van der Waals surface area contributed by atoms with E-state index in [2.05, 4.69) is 62.7 Å². The minimum Gasteiger partial charge on any atom is -0.343 e. The van der Waals surface area contributed by atoms with Crippen molar-refractivity contribution in [1.29, 1.82) is 0 Å². The number of fused-ring (bicyclic) bond motifs is 3. The fourth-order valence-electron chi connectivity index (χ4n) is 4.89. The first-order valence-corrected chi connectivity index (χ1v) is 9.62. The van der Waals surface area contributed by atoms with Gasteiger partial charge in [-0.05, 0) is 57.4 Å². The van der Waals surface area contributed by atoms with Gasteiger partial charge in [0, 0.05) is 11.8 Å². The van der Waals surface area contributed by atoms with E-state index in [4.69, 9.17) is 14.6 Å². The Hall–Kier alpha value is -1.91. The van der Waals surface area contributed by atoms with Crippen molar-refractivity contribution in [3.8, 4) is 5.69 Å². The third-order valence-corrected chi connectivity index (χ3v) is 6.71. The van der Waals surface area contributed by atoms with Gasteiger partial charge in [-0.25, -0.2) is 4.68 Å². The Kier molecular flexibility index (Phi) is 3.32. The van der Waals surface area contributed by atoms with E-state index in [0.717, 1.165) is 24.9 Å². The van der Waals surface area contributed by atoms with Crippen molar-refractivity contribution in [3.05, 3.63) is 52.9 Å². The summed E-state index contributed by atoms with van der Waals surface area (Å²) in [5, 5.41) is 4.69. The maximum Gasteiger partial charge on any atom is 0.178 e. The second-order valence-corrected chi connectivity index (χ2v) is 8.38. The predicted molar refractivity (Wildman–Crippen MR) is 101 cm³/mol. The normalized spacial score (nSPS) is 35.5. The Labute approximate surface area is 154 Å². The van der Waals surface area contributed by atoms with Gasteiger partial charge in [-0.2, -0.15) is 5.10 Å². The molecule has 1 aliphatic heterocycles. The molecular weight excluding hydrogens is 324 g/mol. The molecule has 4 atom stereocenters. The molecule has 1 saturated heterocycles. The highest BCUT2D eigenvalue weighted by molar-refractivity contribution is 5.62. The maximum absolute atomic E-state index is 6.42. The molecule has 2 aliphatic carbocycles. The summed E-state index contributed by atoms with van der Waals surface area (Å²) in [5.74, 6) is -0.485.